The molecular weight excluding hydrogens is 376 g/mol. The fourth-order valence-electron chi connectivity index (χ4n) is 3.02. The molecule has 0 radical (unpaired) electrons. The predicted octanol–water partition coefficient (Wildman–Crippen LogP) is 7.12. The Hall–Kier alpha value is 0.554. The molecule has 0 saturated carbocycles. The second-order valence-electron chi connectivity index (χ2n) is 8.29. The van der Waals surface area contributed by atoms with Crippen LogP contribution < -0.4 is 0 Å². The van der Waals surface area contributed by atoms with Gasteiger partial charge in [0.15, 0.2) is 0 Å². The zero-order chi connectivity index (χ0) is 20.7. The Labute approximate surface area is 175 Å². The van der Waals surface area contributed by atoms with Crippen LogP contribution in [0.25, 0.3) is 0 Å². The van der Waals surface area contributed by atoms with Gasteiger partial charge in [-0.2, -0.15) is 0 Å². The van der Waals surface area contributed by atoms with Gasteiger partial charge in [0.2, 0.25) is 0 Å². The van der Waals surface area contributed by atoms with Gasteiger partial charge in [0.05, 0.1) is 0 Å². The normalized spacial score (nSPS) is 14.9. The van der Waals surface area contributed by atoms with Gasteiger partial charge in [-0.3, -0.25) is 0 Å². The predicted molar refractivity (Wildman–Crippen MR) is 111 cm³/mol. The van der Waals surface area contributed by atoms with Gasteiger partial charge in [0.25, 0.3) is 0 Å². The molecule has 27 heavy (non-hydrogen) atoms. The standard InChI is InChI=1S/2C8H17O.2C3H7O.Ti/c2*1-3-5-6-8(4-2)7-9;2*1-3(2)4;/h2*8H,3-7H2,1-2H3;2*3H,1-2H3;/q4*-1;+4. The van der Waals surface area contributed by atoms with Crippen LogP contribution in [0.1, 0.15) is 107 Å². The summed E-state index contributed by atoms with van der Waals surface area (Å²) in [5.41, 5.74) is 0. The molecule has 5 heteroatoms. The molecule has 0 fully saturated rings. The molecule has 0 saturated heterocycles. The van der Waals surface area contributed by atoms with Crippen LogP contribution in [-0.2, 0) is 31.4 Å². The molecule has 164 valence electrons. The van der Waals surface area contributed by atoms with Crippen LogP contribution in [-0.4, -0.2) is 25.4 Å². The van der Waals surface area contributed by atoms with E-state index in [1.165, 1.54) is 38.5 Å². The Morgan fingerprint density at radius 1 is 0.630 bits per heavy atom. The van der Waals surface area contributed by atoms with Crippen LogP contribution >= 0.6 is 0 Å². The molecule has 0 rings (SSSR count). The Morgan fingerprint density at radius 2 is 1.00 bits per heavy atom. The fourth-order valence-corrected chi connectivity index (χ4v) is 6.84. The van der Waals surface area contributed by atoms with Crippen LogP contribution in [0.15, 0.2) is 0 Å². The maximum absolute atomic E-state index is 6.42. The molecule has 0 heterocycles. The molecule has 0 aliphatic heterocycles. The van der Waals surface area contributed by atoms with Gasteiger partial charge in [-0.1, -0.05) is 0 Å². The second-order valence-corrected chi connectivity index (χ2v) is 11.5. The summed E-state index contributed by atoms with van der Waals surface area (Å²) < 4.78 is 25.4. The summed E-state index contributed by atoms with van der Waals surface area (Å²) in [5, 5.41) is 0. The number of hydrogen-bond donors (Lipinski definition) is 0. The van der Waals surface area contributed by atoms with Crippen molar-refractivity contribution in [3.8, 4) is 0 Å². The van der Waals surface area contributed by atoms with E-state index in [4.69, 9.17) is 13.3 Å². The third-order valence-electron chi connectivity index (χ3n) is 4.84. The Morgan fingerprint density at radius 3 is 1.26 bits per heavy atom. The Kier molecular flexibility index (Phi) is 16.7. The molecule has 0 aliphatic carbocycles. The van der Waals surface area contributed by atoms with Gasteiger partial charge in [0, 0.05) is 0 Å². The van der Waals surface area contributed by atoms with E-state index in [9.17, 15) is 0 Å². The van der Waals surface area contributed by atoms with Crippen molar-refractivity contribution in [1.29, 1.82) is 0 Å². The van der Waals surface area contributed by atoms with E-state index in [0.29, 0.717) is 25.0 Å². The van der Waals surface area contributed by atoms with Crippen molar-refractivity contribution in [1.82, 2.24) is 0 Å². The molecule has 4 nitrogen and oxygen atoms in total. The Balaban J connectivity index is 5.12. The fraction of sp³-hybridized carbons (Fsp3) is 1.00. The minimum atomic E-state index is -3.77. The molecule has 2 unspecified atom stereocenters. The number of hydrogen-bond acceptors (Lipinski definition) is 4. The molecule has 0 aliphatic rings. The van der Waals surface area contributed by atoms with Crippen molar-refractivity contribution in [3.05, 3.63) is 0 Å². The van der Waals surface area contributed by atoms with E-state index in [2.05, 4.69) is 27.7 Å². The Bertz CT molecular complexity index is 304. The number of rotatable bonds is 18. The summed E-state index contributed by atoms with van der Waals surface area (Å²) in [6.45, 7) is 18.5. The van der Waals surface area contributed by atoms with E-state index in [0.717, 1.165) is 12.8 Å². The summed E-state index contributed by atoms with van der Waals surface area (Å²) >= 11 is -3.77. The van der Waals surface area contributed by atoms with Gasteiger partial charge in [-0.25, -0.2) is 0 Å². The van der Waals surface area contributed by atoms with Gasteiger partial charge >= 0.3 is 175 Å². The molecule has 0 spiro atoms. The van der Waals surface area contributed by atoms with Crippen molar-refractivity contribution in [2.75, 3.05) is 13.2 Å². The molecule has 0 amide bonds. The van der Waals surface area contributed by atoms with E-state index in [1.807, 2.05) is 27.7 Å². The molecule has 0 bridgehead atoms. The van der Waals surface area contributed by atoms with Crippen molar-refractivity contribution >= 4 is 0 Å². The summed E-state index contributed by atoms with van der Waals surface area (Å²) in [6.07, 6.45) is 9.64. The van der Waals surface area contributed by atoms with E-state index in [1.54, 1.807) is 0 Å². The first-order valence-corrected chi connectivity index (χ1v) is 14.0. The third kappa shape index (κ3) is 13.4. The van der Waals surface area contributed by atoms with Gasteiger partial charge in [-0.15, -0.1) is 0 Å². The molecule has 0 aromatic heterocycles. The van der Waals surface area contributed by atoms with Gasteiger partial charge < -0.3 is 0 Å². The summed E-state index contributed by atoms with van der Waals surface area (Å²) in [7, 11) is 0. The molecule has 2 atom stereocenters. The first kappa shape index (κ1) is 27.6. The average Bonchev–Trinajstić information content (AvgIpc) is 2.61. The monoisotopic (exact) mass is 424 g/mol. The summed E-state index contributed by atoms with van der Waals surface area (Å²) in [5.74, 6) is 1.10. The van der Waals surface area contributed by atoms with Crippen LogP contribution in [0.4, 0.5) is 0 Å². The SMILES string of the molecule is CCCCC(CC)C[O][Ti]([O]CC(CC)CCCC)([O]C(C)C)[O]C(C)C. The van der Waals surface area contributed by atoms with Crippen LogP contribution in [0, 0.1) is 11.8 Å². The zero-order valence-electron chi connectivity index (χ0n) is 19.5. The maximum atomic E-state index is 6.42. The first-order valence-electron chi connectivity index (χ1n) is 11.5. The topological polar surface area (TPSA) is 36.9 Å². The van der Waals surface area contributed by atoms with E-state index >= 15 is 0 Å². The molecule has 0 aromatic carbocycles. The van der Waals surface area contributed by atoms with E-state index < -0.39 is 18.1 Å². The quantitative estimate of drug-likeness (QED) is 0.220. The summed E-state index contributed by atoms with van der Waals surface area (Å²) in [4.78, 5) is 0. The van der Waals surface area contributed by atoms with Crippen molar-refractivity contribution in [2.45, 2.75) is 119 Å². The van der Waals surface area contributed by atoms with Gasteiger partial charge in [0.1, 0.15) is 0 Å². The van der Waals surface area contributed by atoms with Gasteiger partial charge in [-0.05, 0) is 0 Å². The first-order chi connectivity index (χ1) is 12.8. The molecule has 0 aromatic rings. The van der Waals surface area contributed by atoms with Crippen molar-refractivity contribution < 1.29 is 31.4 Å². The molecular formula is C22H48O4Ti. The van der Waals surface area contributed by atoms with Crippen LogP contribution in [0.3, 0.4) is 0 Å². The third-order valence-corrected chi connectivity index (χ3v) is 8.84. The van der Waals surface area contributed by atoms with Crippen molar-refractivity contribution in [2.24, 2.45) is 11.8 Å². The average molecular weight is 424 g/mol. The number of unbranched alkanes of at least 4 members (excludes halogenated alkanes) is 2. The zero-order valence-corrected chi connectivity index (χ0v) is 21.1. The van der Waals surface area contributed by atoms with E-state index in [-0.39, 0.29) is 12.2 Å². The van der Waals surface area contributed by atoms with Crippen LogP contribution in [0.5, 0.6) is 0 Å². The van der Waals surface area contributed by atoms with Crippen molar-refractivity contribution in [3.63, 3.8) is 0 Å². The molecule has 0 N–H and O–H groups in total. The van der Waals surface area contributed by atoms with Crippen LogP contribution in [0.2, 0.25) is 0 Å². The minimum absolute atomic E-state index is 0.0372. The second kappa shape index (κ2) is 16.4. The summed E-state index contributed by atoms with van der Waals surface area (Å²) in [6, 6.07) is 0.